The summed E-state index contributed by atoms with van der Waals surface area (Å²) < 4.78 is 27.7. The average molecular weight is 433 g/mol. The smallest absolute Gasteiger partial charge is 0.414 e. The zero-order valence-electron chi connectivity index (χ0n) is 17.8. The summed E-state index contributed by atoms with van der Waals surface area (Å²) in [5, 5.41) is 8.31. The molecule has 3 heterocycles. The second kappa shape index (κ2) is 7.60. The van der Waals surface area contributed by atoms with Crippen LogP contribution in [0.15, 0.2) is 42.9 Å². The van der Waals surface area contributed by atoms with Gasteiger partial charge in [0.1, 0.15) is 23.7 Å². The van der Waals surface area contributed by atoms with E-state index in [0.717, 1.165) is 16.7 Å². The Morgan fingerprint density at radius 3 is 2.81 bits per heavy atom. The number of fused-ring (bicyclic) bond motifs is 2. The number of benzene rings is 2. The van der Waals surface area contributed by atoms with E-state index < -0.39 is 11.9 Å². The molecule has 0 saturated heterocycles. The molecule has 0 unspecified atom stereocenters. The largest absolute Gasteiger partial charge is 0.496 e. The highest BCUT2D eigenvalue weighted by Gasteiger charge is 2.25. The van der Waals surface area contributed by atoms with Crippen molar-refractivity contribution in [1.82, 2.24) is 19.7 Å². The third-order valence-electron chi connectivity index (χ3n) is 5.70. The first-order valence-electron chi connectivity index (χ1n) is 10.1. The quantitative estimate of drug-likeness (QED) is 0.474. The number of hydrogen-bond donors (Lipinski definition) is 0. The fraction of sp³-hybridized carbons (Fsp3) is 0.217. The van der Waals surface area contributed by atoms with E-state index in [1.807, 2.05) is 11.5 Å². The van der Waals surface area contributed by atoms with Crippen molar-refractivity contribution < 1.29 is 18.7 Å². The van der Waals surface area contributed by atoms with Gasteiger partial charge >= 0.3 is 6.09 Å². The maximum absolute atomic E-state index is 15.0. The lowest BCUT2D eigenvalue weighted by atomic mass is 9.96. The van der Waals surface area contributed by atoms with Gasteiger partial charge in [-0.1, -0.05) is 6.07 Å². The van der Waals surface area contributed by atoms with Crippen molar-refractivity contribution in [2.24, 2.45) is 0 Å². The Morgan fingerprint density at radius 1 is 1.19 bits per heavy atom. The molecule has 0 bridgehead atoms. The predicted octanol–water partition coefficient (Wildman–Crippen LogP) is 4.41. The lowest BCUT2D eigenvalue weighted by molar-refractivity contribution is 0.143. The number of amides is 1. The molecule has 1 aliphatic rings. The number of imidazole rings is 1. The molecule has 2 aromatic carbocycles. The van der Waals surface area contributed by atoms with Crippen molar-refractivity contribution in [1.29, 1.82) is 0 Å². The number of hydrogen-bond acceptors (Lipinski definition) is 6. The number of aryl methyl sites for hydroxylation is 1. The highest BCUT2D eigenvalue weighted by Crippen LogP contribution is 2.40. The SMILES string of the molecule is CCn1cnc2c(-c3ccc(F)c(-c4cc5c(cc4OC)N(C)C(=O)OC5)c3)cnnc21. The standard InChI is InChI=1S/C23H20FN5O3/c1-4-29-12-25-21-17(10-26-27-22(21)29)13-5-6-18(24)15(7-13)16-8-14-11-32-23(30)28(2)19(14)9-20(16)31-3/h5-10,12H,4,11H2,1-3H3. The molecule has 0 radical (unpaired) electrons. The van der Waals surface area contributed by atoms with Crippen LogP contribution in [-0.4, -0.2) is 40.0 Å². The van der Waals surface area contributed by atoms with Gasteiger partial charge in [0.05, 0.1) is 25.3 Å². The Bertz CT molecular complexity index is 1370. The molecule has 1 amide bonds. The Labute approximate surface area is 183 Å². The second-order valence-electron chi connectivity index (χ2n) is 7.45. The Hall–Kier alpha value is -4.01. The fourth-order valence-electron chi connectivity index (χ4n) is 3.97. The van der Waals surface area contributed by atoms with Crippen LogP contribution in [0.1, 0.15) is 12.5 Å². The minimum atomic E-state index is -0.443. The van der Waals surface area contributed by atoms with E-state index in [0.29, 0.717) is 40.3 Å². The maximum Gasteiger partial charge on any atom is 0.414 e. The van der Waals surface area contributed by atoms with Gasteiger partial charge in [0, 0.05) is 41.9 Å². The highest BCUT2D eigenvalue weighted by molar-refractivity contribution is 5.93. The van der Waals surface area contributed by atoms with Gasteiger partial charge in [0.15, 0.2) is 5.65 Å². The molecule has 0 N–H and O–H groups in total. The molecular formula is C23H20FN5O3. The summed E-state index contributed by atoms with van der Waals surface area (Å²) in [7, 11) is 3.14. The number of halogens is 1. The van der Waals surface area contributed by atoms with E-state index in [1.54, 1.807) is 43.8 Å². The van der Waals surface area contributed by atoms with Crippen LogP contribution >= 0.6 is 0 Å². The molecule has 2 aromatic heterocycles. The zero-order chi connectivity index (χ0) is 22.4. The molecule has 32 heavy (non-hydrogen) atoms. The minimum absolute atomic E-state index is 0.111. The monoisotopic (exact) mass is 433 g/mol. The zero-order valence-corrected chi connectivity index (χ0v) is 17.8. The fourth-order valence-corrected chi connectivity index (χ4v) is 3.97. The summed E-state index contributed by atoms with van der Waals surface area (Å²) in [4.78, 5) is 17.8. The number of nitrogens with zero attached hydrogens (tertiary/aromatic N) is 5. The number of methoxy groups -OCH3 is 1. The van der Waals surface area contributed by atoms with Gasteiger partial charge in [0.25, 0.3) is 0 Å². The van der Waals surface area contributed by atoms with E-state index in [9.17, 15) is 4.79 Å². The topological polar surface area (TPSA) is 82.4 Å². The number of ether oxygens (including phenoxy) is 2. The average Bonchev–Trinajstić information content (AvgIpc) is 3.25. The Kier molecular flexibility index (Phi) is 4.73. The van der Waals surface area contributed by atoms with E-state index in [-0.39, 0.29) is 6.61 Å². The van der Waals surface area contributed by atoms with Crippen molar-refractivity contribution in [3.63, 3.8) is 0 Å². The predicted molar refractivity (Wildman–Crippen MR) is 117 cm³/mol. The second-order valence-corrected chi connectivity index (χ2v) is 7.45. The van der Waals surface area contributed by atoms with Crippen LogP contribution in [0.3, 0.4) is 0 Å². The molecule has 0 saturated carbocycles. The number of cyclic esters (lactones) is 1. The van der Waals surface area contributed by atoms with Crippen LogP contribution in [0.25, 0.3) is 33.4 Å². The molecule has 0 atom stereocenters. The molecule has 9 heteroatoms. The van der Waals surface area contributed by atoms with Gasteiger partial charge in [0.2, 0.25) is 0 Å². The summed E-state index contributed by atoms with van der Waals surface area (Å²) in [5.41, 5.74) is 5.25. The Morgan fingerprint density at radius 2 is 2.03 bits per heavy atom. The van der Waals surface area contributed by atoms with E-state index in [2.05, 4.69) is 15.2 Å². The number of carbonyl (C=O) groups is 1. The van der Waals surface area contributed by atoms with Crippen LogP contribution in [0.4, 0.5) is 14.9 Å². The van der Waals surface area contributed by atoms with Crippen molar-refractivity contribution in [2.45, 2.75) is 20.1 Å². The summed E-state index contributed by atoms with van der Waals surface area (Å²) in [6, 6.07) is 8.39. The van der Waals surface area contributed by atoms with Crippen LogP contribution in [0.2, 0.25) is 0 Å². The number of carbonyl (C=O) groups excluding carboxylic acids is 1. The molecular weight excluding hydrogens is 413 g/mol. The van der Waals surface area contributed by atoms with Crippen molar-refractivity contribution in [2.75, 3.05) is 19.1 Å². The molecule has 8 nitrogen and oxygen atoms in total. The third kappa shape index (κ3) is 3.05. The van der Waals surface area contributed by atoms with Crippen LogP contribution < -0.4 is 9.64 Å². The highest BCUT2D eigenvalue weighted by atomic mass is 19.1. The summed E-state index contributed by atoms with van der Waals surface area (Å²) in [6.45, 7) is 2.83. The first kappa shape index (κ1) is 19.9. The number of anilines is 1. The maximum atomic E-state index is 15.0. The number of rotatable bonds is 4. The van der Waals surface area contributed by atoms with Crippen LogP contribution in [0.5, 0.6) is 5.75 Å². The molecule has 0 fully saturated rings. The van der Waals surface area contributed by atoms with Crippen LogP contribution in [0, 0.1) is 5.82 Å². The first-order chi connectivity index (χ1) is 15.5. The molecule has 5 rings (SSSR count). The summed E-state index contributed by atoms with van der Waals surface area (Å²) in [6.07, 6.45) is 2.91. The normalized spacial score (nSPS) is 13.2. The first-order valence-corrected chi connectivity index (χ1v) is 10.1. The van der Waals surface area contributed by atoms with Crippen molar-refractivity contribution in [3.8, 4) is 28.0 Å². The summed E-state index contributed by atoms with van der Waals surface area (Å²) in [5.74, 6) is 0.0557. The summed E-state index contributed by atoms with van der Waals surface area (Å²) >= 11 is 0. The van der Waals surface area contributed by atoms with Gasteiger partial charge in [-0.15, -0.1) is 5.10 Å². The minimum Gasteiger partial charge on any atom is -0.496 e. The molecule has 4 aromatic rings. The number of aromatic nitrogens is 4. The molecule has 0 aliphatic carbocycles. The van der Waals surface area contributed by atoms with Gasteiger partial charge in [-0.2, -0.15) is 5.10 Å². The van der Waals surface area contributed by atoms with Gasteiger partial charge in [-0.05, 0) is 30.7 Å². The Balaban J connectivity index is 1.68. The van der Waals surface area contributed by atoms with Crippen LogP contribution in [-0.2, 0) is 17.9 Å². The lowest BCUT2D eigenvalue weighted by Crippen LogP contribution is -2.31. The lowest BCUT2D eigenvalue weighted by Gasteiger charge is -2.27. The van der Waals surface area contributed by atoms with Gasteiger partial charge in [-0.25, -0.2) is 14.2 Å². The van der Waals surface area contributed by atoms with Gasteiger partial charge < -0.3 is 14.0 Å². The van der Waals surface area contributed by atoms with Crippen molar-refractivity contribution in [3.05, 3.63) is 54.2 Å². The van der Waals surface area contributed by atoms with Gasteiger partial charge in [-0.3, -0.25) is 4.90 Å². The van der Waals surface area contributed by atoms with E-state index in [4.69, 9.17) is 9.47 Å². The molecule has 162 valence electrons. The molecule has 1 aliphatic heterocycles. The van der Waals surface area contributed by atoms with Crippen molar-refractivity contribution >= 4 is 22.9 Å². The van der Waals surface area contributed by atoms with E-state index >= 15 is 4.39 Å². The molecule has 0 spiro atoms. The van der Waals surface area contributed by atoms with E-state index in [1.165, 1.54) is 18.1 Å². The third-order valence-corrected chi connectivity index (χ3v) is 5.70.